The molecule has 2 N–H and O–H groups in total. The Morgan fingerprint density at radius 2 is 2.08 bits per heavy atom. The smallest absolute Gasteiger partial charge is 0.262 e. The quantitative estimate of drug-likeness (QED) is 0.531. The van der Waals surface area contributed by atoms with Gasteiger partial charge in [-0.1, -0.05) is 18.6 Å². The average molecular weight is 363 g/mol. The number of benzene rings is 1. The maximum atomic E-state index is 12.5. The second kappa shape index (κ2) is 9.48. The molecular formula is C18H25N3O3S. The predicted molar refractivity (Wildman–Crippen MR) is 101 cm³/mol. The van der Waals surface area contributed by atoms with Crippen LogP contribution >= 0.6 is 12.2 Å². The zero-order valence-corrected chi connectivity index (χ0v) is 15.5. The van der Waals surface area contributed by atoms with Crippen molar-refractivity contribution in [2.24, 2.45) is 0 Å². The van der Waals surface area contributed by atoms with Crippen molar-refractivity contribution in [3.05, 3.63) is 39.4 Å². The first-order valence-electron chi connectivity index (χ1n) is 8.53. The molecule has 2 aromatic rings. The molecule has 0 radical (unpaired) electrons. The van der Waals surface area contributed by atoms with E-state index in [4.69, 9.17) is 17.0 Å². The van der Waals surface area contributed by atoms with Crippen molar-refractivity contribution in [3.8, 4) is 0 Å². The third kappa shape index (κ3) is 5.51. The molecule has 1 aromatic carbocycles. The highest BCUT2D eigenvalue weighted by Gasteiger charge is 2.07. The summed E-state index contributed by atoms with van der Waals surface area (Å²) in [5, 5.41) is 3.53. The number of H-pyrrole nitrogens is 1. The van der Waals surface area contributed by atoms with Crippen LogP contribution in [-0.2, 0) is 16.1 Å². The van der Waals surface area contributed by atoms with E-state index >= 15 is 0 Å². The molecule has 1 atom stereocenters. The monoisotopic (exact) mass is 363 g/mol. The minimum atomic E-state index is -0.0644. The van der Waals surface area contributed by atoms with E-state index in [-0.39, 0.29) is 17.5 Å². The summed E-state index contributed by atoms with van der Waals surface area (Å²) in [6, 6.07) is 7.38. The summed E-state index contributed by atoms with van der Waals surface area (Å²) in [7, 11) is 1.61. The van der Waals surface area contributed by atoms with Gasteiger partial charge in [0.05, 0.1) is 17.5 Å². The molecule has 0 saturated heterocycles. The molecule has 0 saturated carbocycles. The molecule has 0 aliphatic heterocycles. The summed E-state index contributed by atoms with van der Waals surface area (Å²) in [5.41, 5.74) is 0.695. The number of nitrogens with zero attached hydrogens (tertiary/aromatic N) is 1. The SMILES string of the molecule is COCC(C)NC(=O)CCCCCn1c(=S)[nH]c2ccccc2c1=O. The van der Waals surface area contributed by atoms with Crippen molar-refractivity contribution < 1.29 is 9.53 Å². The minimum Gasteiger partial charge on any atom is -0.383 e. The highest BCUT2D eigenvalue weighted by atomic mass is 32.1. The zero-order valence-electron chi connectivity index (χ0n) is 14.7. The number of fused-ring (bicyclic) bond motifs is 1. The third-order valence-electron chi connectivity index (χ3n) is 4.00. The molecule has 0 aliphatic rings. The lowest BCUT2D eigenvalue weighted by Gasteiger charge is -2.12. The van der Waals surface area contributed by atoms with Crippen molar-refractivity contribution in [3.63, 3.8) is 0 Å². The minimum absolute atomic E-state index is 0.0204. The number of hydrogen-bond acceptors (Lipinski definition) is 4. The molecular weight excluding hydrogens is 338 g/mol. The van der Waals surface area contributed by atoms with Gasteiger partial charge in [-0.05, 0) is 44.1 Å². The molecule has 1 aromatic heterocycles. The molecule has 1 amide bonds. The fraction of sp³-hybridized carbons (Fsp3) is 0.500. The number of unbranched alkanes of at least 4 members (excludes halogenated alkanes) is 2. The summed E-state index contributed by atoms with van der Waals surface area (Å²) in [5.74, 6) is 0.0321. The fourth-order valence-electron chi connectivity index (χ4n) is 2.77. The van der Waals surface area contributed by atoms with E-state index in [2.05, 4.69) is 10.3 Å². The summed E-state index contributed by atoms with van der Waals surface area (Å²) >= 11 is 5.29. The van der Waals surface area contributed by atoms with Crippen LogP contribution in [0.25, 0.3) is 10.9 Å². The van der Waals surface area contributed by atoms with Crippen LogP contribution in [0.3, 0.4) is 0 Å². The summed E-state index contributed by atoms with van der Waals surface area (Å²) in [4.78, 5) is 27.4. The van der Waals surface area contributed by atoms with Gasteiger partial charge in [0.1, 0.15) is 0 Å². The van der Waals surface area contributed by atoms with Crippen LogP contribution in [-0.4, -0.2) is 35.2 Å². The lowest BCUT2D eigenvalue weighted by atomic mass is 10.1. The van der Waals surface area contributed by atoms with Crippen LogP contribution in [0.5, 0.6) is 0 Å². The molecule has 7 heteroatoms. The van der Waals surface area contributed by atoms with E-state index in [0.717, 1.165) is 24.8 Å². The number of carbonyl (C=O) groups excluding carboxylic acids is 1. The van der Waals surface area contributed by atoms with Gasteiger partial charge in [0.15, 0.2) is 4.77 Å². The number of aromatic amines is 1. The fourth-order valence-corrected chi connectivity index (χ4v) is 3.06. The van der Waals surface area contributed by atoms with E-state index in [0.29, 0.717) is 29.7 Å². The van der Waals surface area contributed by atoms with Crippen molar-refractivity contribution >= 4 is 29.0 Å². The largest absolute Gasteiger partial charge is 0.383 e. The lowest BCUT2D eigenvalue weighted by Crippen LogP contribution is -2.35. The van der Waals surface area contributed by atoms with Crippen molar-refractivity contribution in [2.75, 3.05) is 13.7 Å². The number of carbonyl (C=O) groups is 1. The van der Waals surface area contributed by atoms with Crippen molar-refractivity contribution in [1.82, 2.24) is 14.9 Å². The molecule has 136 valence electrons. The average Bonchev–Trinajstić information content (AvgIpc) is 2.57. The van der Waals surface area contributed by atoms with Gasteiger partial charge in [0.2, 0.25) is 5.91 Å². The van der Waals surface area contributed by atoms with Crippen molar-refractivity contribution in [2.45, 2.75) is 45.2 Å². The van der Waals surface area contributed by atoms with Gasteiger partial charge in [0.25, 0.3) is 5.56 Å². The maximum absolute atomic E-state index is 12.5. The van der Waals surface area contributed by atoms with E-state index in [1.54, 1.807) is 17.7 Å². The topological polar surface area (TPSA) is 76.1 Å². The van der Waals surface area contributed by atoms with Crippen LogP contribution < -0.4 is 10.9 Å². The maximum Gasteiger partial charge on any atom is 0.262 e. The van der Waals surface area contributed by atoms with E-state index in [1.807, 2.05) is 25.1 Å². The Kier molecular flexibility index (Phi) is 7.33. The number of nitrogens with one attached hydrogen (secondary N) is 2. The Bertz CT molecular complexity index is 828. The van der Waals surface area contributed by atoms with Crippen LogP contribution in [0, 0.1) is 4.77 Å². The lowest BCUT2D eigenvalue weighted by molar-refractivity contribution is -0.122. The number of hydrogen-bond donors (Lipinski definition) is 2. The highest BCUT2D eigenvalue weighted by molar-refractivity contribution is 7.71. The first-order valence-corrected chi connectivity index (χ1v) is 8.94. The van der Waals surface area contributed by atoms with Gasteiger partial charge in [-0.25, -0.2) is 0 Å². The van der Waals surface area contributed by atoms with E-state index < -0.39 is 0 Å². The summed E-state index contributed by atoms with van der Waals surface area (Å²) < 4.78 is 7.02. The van der Waals surface area contributed by atoms with Gasteiger partial charge in [-0.3, -0.25) is 14.2 Å². The zero-order chi connectivity index (χ0) is 18.2. The normalized spacial score (nSPS) is 12.2. The van der Waals surface area contributed by atoms with Gasteiger partial charge in [-0.15, -0.1) is 0 Å². The Morgan fingerprint density at radius 1 is 1.32 bits per heavy atom. The Hall–Kier alpha value is -1.99. The molecule has 6 nitrogen and oxygen atoms in total. The molecule has 1 heterocycles. The first-order chi connectivity index (χ1) is 12.0. The Balaban J connectivity index is 1.83. The second-order valence-corrected chi connectivity index (χ2v) is 6.55. The summed E-state index contributed by atoms with van der Waals surface area (Å²) in [6.07, 6.45) is 2.93. The Labute approximate surface area is 152 Å². The molecule has 0 spiro atoms. The van der Waals surface area contributed by atoms with Gasteiger partial charge in [-0.2, -0.15) is 0 Å². The molecule has 0 bridgehead atoms. The molecule has 0 fully saturated rings. The van der Waals surface area contributed by atoms with Crippen LogP contribution in [0.1, 0.15) is 32.6 Å². The predicted octanol–water partition coefficient (Wildman–Crippen LogP) is 2.77. The third-order valence-corrected chi connectivity index (χ3v) is 4.32. The standard InChI is InChI=1S/C18H25N3O3S/c1-13(12-24-2)19-16(22)10-4-3-7-11-21-17(23)14-8-5-6-9-15(14)20-18(21)25/h5-6,8-9,13H,3-4,7,10-12H2,1-2H3,(H,19,22)(H,20,25). The number of aromatic nitrogens is 2. The molecule has 2 rings (SSSR count). The number of rotatable bonds is 9. The van der Waals surface area contributed by atoms with Crippen LogP contribution in [0.15, 0.2) is 29.1 Å². The number of para-hydroxylation sites is 1. The summed E-state index contributed by atoms with van der Waals surface area (Å²) in [6.45, 7) is 2.98. The van der Waals surface area contributed by atoms with Gasteiger partial charge >= 0.3 is 0 Å². The van der Waals surface area contributed by atoms with E-state index in [1.165, 1.54) is 0 Å². The number of amides is 1. The van der Waals surface area contributed by atoms with Gasteiger partial charge < -0.3 is 15.0 Å². The molecule has 1 unspecified atom stereocenters. The highest BCUT2D eigenvalue weighted by Crippen LogP contribution is 2.07. The Morgan fingerprint density at radius 3 is 2.84 bits per heavy atom. The van der Waals surface area contributed by atoms with Crippen LogP contribution in [0.4, 0.5) is 0 Å². The van der Waals surface area contributed by atoms with Crippen LogP contribution in [0.2, 0.25) is 0 Å². The van der Waals surface area contributed by atoms with E-state index in [9.17, 15) is 9.59 Å². The van der Waals surface area contributed by atoms with Gasteiger partial charge in [0, 0.05) is 26.1 Å². The van der Waals surface area contributed by atoms with Crippen molar-refractivity contribution in [1.29, 1.82) is 0 Å². The molecule has 0 aliphatic carbocycles. The first kappa shape index (κ1) is 19.3. The second-order valence-electron chi connectivity index (χ2n) is 6.17. The number of methoxy groups -OCH3 is 1. The molecule has 25 heavy (non-hydrogen) atoms. The number of ether oxygens (including phenoxy) is 1.